The highest BCUT2D eigenvalue weighted by Gasteiger charge is 2.10. The van der Waals surface area contributed by atoms with Crippen molar-refractivity contribution in [3.63, 3.8) is 0 Å². The quantitative estimate of drug-likeness (QED) is 0.850. The Morgan fingerprint density at radius 2 is 1.67 bits per heavy atom. The molecule has 1 atom stereocenters. The molecule has 2 nitrogen and oxygen atoms in total. The Hall–Kier alpha value is -1.36. The molecule has 2 rings (SSSR count). The van der Waals surface area contributed by atoms with Crippen molar-refractivity contribution in [2.24, 2.45) is 5.73 Å². The monoisotopic (exact) mass is 331 g/mol. The number of rotatable bonds is 5. The van der Waals surface area contributed by atoms with Crippen molar-refractivity contribution in [3.05, 3.63) is 63.6 Å². The standard InChI is InChI=1S/C15H13Cl2F2NO/c16-12-6-1-9(7-13(12)17)8-14(20)10-2-4-11(5-3-10)21-15(18)19/h1-7,14-15H,8,20H2. The number of nitrogens with two attached hydrogens (primary N) is 1. The first-order valence-corrected chi connectivity index (χ1v) is 6.95. The Morgan fingerprint density at radius 1 is 1.00 bits per heavy atom. The summed E-state index contributed by atoms with van der Waals surface area (Å²) in [5, 5.41) is 0.963. The van der Waals surface area contributed by atoms with Crippen LogP contribution in [0.4, 0.5) is 8.78 Å². The van der Waals surface area contributed by atoms with Crippen LogP contribution in [0, 0.1) is 0 Å². The van der Waals surface area contributed by atoms with Crippen LogP contribution in [-0.2, 0) is 6.42 Å². The van der Waals surface area contributed by atoms with E-state index in [0.29, 0.717) is 16.5 Å². The molecule has 2 N–H and O–H groups in total. The fourth-order valence-electron chi connectivity index (χ4n) is 1.93. The number of hydrogen-bond donors (Lipinski definition) is 1. The van der Waals surface area contributed by atoms with Gasteiger partial charge in [-0.3, -0.25) is 0 Å². The molecule has 0 fully saturated rings. The van der Waals surface area contributed by atoms with Gasteiger partial charge in [0.25, 0.3) is 0 Å². The topological polar surface area (TPSA) is 35.2 Å². The van der Waals surface area contributed by atoms with Crippen LogP contribution in [0.25, 0.3) is 0 Å². The minimum absolute atomic E-state index is 0.107. The molecular formula is C15H13Cl2F2NO. The third-order valence-corrected chi connectivity index (χ3v) is 3.71. The Kier molecular flexibility index (Phi) is 5.39. The van der Waals surface area contributed by atoms with E-state index in [2.05, 4.69) is 4.74 Å². The van der Waals surface area contributed by atoms with E-state index in [-0.39, 0.29) is 11.8 Å². The van der Waals surface area contributed by atoms with Gasteiger partial charge in [0.15, 0.2) is 0 Å². The van der Waals surface area contributed by atoms with Crippen LogP contribution in [0.1, 0.15) is 17.2 Å². The first kappa shape index (κ1) is 16.0. The molecule has 0 aliphatic carbocycles. The van der Waals surface area contributed by atoms with Crippen LogP contribution in [-0.4, -0.2) is 6.61 Å². The van der Waals surface area contributed by atoms with Crippen molar-refractivity contribution >= 4 is 23.2 Å². The zero-order valence-electron chi connectivity index (χ0n) is 10.9. The predicted octanol–water partition coefficient (Wildman–Crippen LogP) is 4.84. The van der Waals surface area contributed by atoms with E-state index in [1.165, 1.54) is 12.1 Å². The average Bonchev–Trinajstić information content (AvgIpc) is 2.43. The Balaban J connectivity index is 2.05. The van der Waals surface area contributed by atoms with Gasteiger partial charge >= 0.3 is 6.61 Å². The lowest BCUT2D eigenvalue weighted by Gasteiger charge is -2.13. The van der Waals surface area contributed by atoms with Crippen LogP contribution >= 0.6 is 23.2 Å². The van der Waals surface area contributed by atoms with Gasteiger partial charge in [0.05, 0.1) is 10.0 Å². The molecule has 2 aromatic rings. The lowest BCUT2D eigenvalue weighted by molar-refractivity contribution is -0.0498. The SMILES string of the molecule is NC(Cc1ccc(Cl)c(Cl)c1)c1ccc(OC(F)F)cc1. The van der Waals surface area contributed by atoms with Crippen LogP contribution in [0.2, 0.25) is 10.0 Å². The minimum atomic E-state index is -2.83. The molecule has 0 amide bonds. The third-order valence-electron chi connectivity index (χ3n) is 2.97. The van der Waals surface area contributed by atoms with Gasteiger partial charge in [-0.25, -0.2) is 0 Å². The summed E-state index contributed by atoms with van der Waals surface area (Å²) in [6, 6.07) is 11.3. The van der Waals surface area contributed by atoms with Crippen LogP contribution < -0.4 is 10.5 Å². The van der Waals surface area contributed by atoms with Crippen molar-refractivity contribution in [1.29, 1.82) is 0 Å². The second-order valence-corrected chi connectivity index (χ2v) is 5.32. The van der Waals surface area contributed by atoms with Crippen molar-refractivity contribution in [2.45, 2.75) is 19.1 Å². The van der Waals surface area contributed by atoms with Gasteiger partial charge < -0.3 is 10.5 Å². The number of hydrogen-bond acceptors (Lipinski definition) is 2. The third kappa shape index (κ3) is 4.56. The fourth-order valence-corrected chi connectivity index (χ4v) is 2.26. The zero-order chi connectivity index (χ0) is 15.4. The van der Waals surface area contributed by atoms with Gasteiger partial charge in [0, 0.05) is 6.04 Å². The second kappa shape index (κ2) is 7.07. The molecule has 0 radical (unpaired) electrons. The van der Waals surface area contributed by atoms with E-state index in [1.807, 2.05) is 6.07 Å². The van der Waals surface area contributed by atoms with Crippen LogP contribution in [0.3, 0.4) is 0 Å². The first-order valence-electron chi connectivity index (χ1n) is 6.20. The van der Waals surface area contributed by atoms with Crippen molar-refractivity contribution < 1.29 is 13.5 Å². The summed E-state index contributed by atoms with van der Waals surface area (Å²) in [5.74, 6) is 0.107. The molecule has 0 aliphatic rings. The molecule has 0 saturated heterocycles. The number of halogens is 4. The normalized spacial score (nSPS) is 12.5. The van der Waals surface area contributed by atoms with Crippen LogP contribution in [0.5, 0.6) is 5.75 Å². The summed E-state index contributed by atoms with van der Waals surface area (Å²) >= 11 is 11.8. The van der Waals surface area contributed by atoms with Crippen molar-refractivity contribution in [3.8, 4) is 5.75 Å². The average molecular weight is 332 g/mol. The molecule has 0 aliphatic heterocycles. The summed E-state index contributed by atoms with van der Waals surface area (Å²) in [4.78, 5) is 0. The fraction of sp³-hybridized carbons (Fsp3) is 0.200. The molecule has 0 saturated carbocycles. The van der Waals surface area contributed by atoms with Crippen LogP contribution in [0.15, 0.2) is 42.5 Å². The summed E-state index contributed by atoms with van der Waals surface area (Å²) in [5.41, 5.74) is 7.87. The number of alkyl halides is 2. The molecule has 112 valence electrons. The van der Waals surface area contributed by atoms with Gasteiger partial charge in [-0.2, -0.15) is 8.78 Å². The Morgan fingerprint density at radius 3 is 2.24 bits per heavy atom. The summed E-state index contributed by atoms with van der Waals surface area (Å²) in [7, 11) is 0. The molecular weight excluding hydrogens is 319 g/mol. The van der Waals surface area contributed by atoms with Crippen molar-refractivity contribution in [2.75, 3.05) is 0 Å². The molecule has 0 heterocycles. The summed E-state index contributed by atoms with van der Waals surface area (Å²) in [6.07, 6.45) is 0.561. The maximum atomic E-state index is 12.1. The summed E-state index contributed by atoms with van der Waals surface area (Å²) in [6.45, 7) is -2.83. The first-order chi connectivity index (χ1) is 9.95. The molecule has 6 heteroatoms. The lowest BCUT2D eigenvalue weighted by atomic mass is 10.00. The van der Waals surface area contributed by atoms with E-state index in [4.69, 9.17) is 28.9 Å². The van der Waals surface area contributed by atoms with Gasteiger partial charge in [-0.05, 0) is 41.8 Å². The maximum Gasteiger partial charge on any atom is 0.387 e. The highest BCUT2D eigenvalue weighted by Crippen LogP contribution is 2.25. The highest BCUT2D eigenvalue weighted by molar-refractivity contribution is 6.42. The molecule has 0 spiro atoms. The highest BCUT2D eigenvalue weighted by atomic mass is 35.5. The van der Waals surface area contributed by atoms with E-state index in [0.717, 1.165) is 11.1 Å². The predicted molar refractivity (Wildman–Crippen MR) is 80.2 cm³/mol. The largest absolute Gasteiger partial charge is 0.435 e. The van der Waals surface area contributed by atoms with E-state index in [9.17, 15) is 8.78 Å². The Bertz CT molecular complexity index is 605. The van der Waals surface area contributed by atoms with E-state index < -0.39 is 6.61 Å². The summed E-state index contributed by atoms with van der Waals surface area (Å²) < 4.78 is 28.4. The molecule has 1 unspecified atom stereocenters. The Labute approximate surface area is 131 Å². The molecule has 0 aromatic heterocycles. The number of ether oxygens (including phenoxy) is 1. The lowest BCUT2D eigenvalue weighted by Crippen LogP contribution is -2.13. The maximum absolute atomic E-state index is 12.1. The van der Waals surface area contributed by atoms with E-state index in [1.54, 1.807) is 24.3 Å². The molecule has 0 bridgehead atoms. The minimum Gasteiger partial charge on any atom is -0.435 e. The molecule has 21 heavy (non-hydrogen) atoms. The van der Waals surface area contributed by atoms with Gasteiger partial charge in [0.2, 0.25) is 0 Å². The smallest absolute Gasteiger partial charge is 0.387 e. The number of benzene rings is 2. The van der Waals surface area contributed by atoms with Gasteiger partial charge in [-0.15, -0.1) is 0 Å². The zero-order valence-corrected chi connectivity index (χ0v) is 12.4. The van der Waals surface area contributed by atoms with E-state index >= 15 is 0 Å². The van der Waals surface area contributed by atoms with Gasteiger partial charge in [-0.1, -0.05) is 41.4 Å². The molecule has 2 aromatic carbocycles. The van der Waals surface area contributed by atoms with Crippen molar-refractivity contribution in [1.82, 2.24) is 0 Å². The second-order valence-electron chi connectivity index (χ2n) is 4.51. The van der Waals surface area contributed by atoms with Gasteiger partial charge in [0.1, 0.15) is 5.75 Å².